The molecule has 4 aromatic heterocycles. The number of nitrogens with zero attached hydrogens (tertiary/aromatic N) is 4. The molecule has 20 heteroatoms. The number of fused-ring (bicyclic) bond motifs is 2. The number of aliphatic hydroxyl groups excluding tert-OH is 4. The molecule has 4 heterocycles. The Balaban J connectivity index is 0. The molecule has 0 aliphatic rings. The minimum absolute atomic E-state index is 0. The number of hydrogen-bond acceptors (Lipinski definition) is 12. The summed E-state index contributed by atoms with van der Waals surface area (Å²) in [6.45, 7) is 39.0. The zero-order valence-corrected chi connectivity index (χ0v) is 77.4. The molecule has 0 unspecified atom stereocenters. The number of carbonyl (C=O) groups excluding carboxylic acids is 4. The number of ketones is 4. The van der Waals surface area contributed by atoms with Gasteiger partial charge in [0.2, 0.25) is 0 Å². The smallest absolute Gasteiger partial charge is 0.155 e. The van der Waals surface area contributed by atoms with Gasteiger partial charge in [0.25, 0.3) is 0 Å². The van der Waals surface area contributed by atoms with Gasteiger partial charge < -0.3 is 40.4 Å². The summed E-state index contributed by atoms with van der Waals surface area (Å²) in [4.78, 5) is 58.0. The number of carbonyl (C=O) groups is 4. The second kappa shape index (κ2) is 49.5. The Morgan fingerprint density at radius 2 is 0.750 bits per heavy atom. The topological polar surface area (TPSA) is 201 Å². The zero-order valence-electron chi connectivity index (χ0n) is 63.4. The van der Waals surface area contributed by atoms with E-state index in [9.17, 15) is 19.2 Å². The first-order chi connectivity index (χ1) is 46.9. The van der Waals surface area contributed by atoms with Crippen LogP contribution in [0.3, 0.4) is 0 Å². The van der Waals surface area contributed by atoms with Crippen LogP contribution in [0, 0.1) is 38.1 Å². The van der Waals surface area contributed by atoms with Crippen LogP contribution in [0.4, 0.5) is 0 Å². The SMILES string of the molecule is CC(=O)C=C(C)O.CC(=O)C=C(C)O.CC(=O)C=C(C)O.CC(=O)C=C(C)O.C[SiH2]c1cc[c-]c(-c2cc(C)ccn2)c1.C[Si](C)(C)c1c[c-]c(-c2nccc3ccccc23)cc1.C[Si](C)(C)c1c[c-]c(-c2nccc3ccccc23)cc1.Cc1ccc(-c2[c-]cc([Si](C)(C)C)cc2)nc1.[Ir].[Ir].[Ir].[Ir]. The van der Waals surface area contributed by atoms with Gasteiger partial charge in [0, 0.05) is 163 Å². The molecule has 12 nitrogen and oxygen atoms in total. The third kappa shape index (κ3) is 38.7. The molecule has 0 amide bonds. The molecule has 4 N–H and O–H groups in total. The van der Waals surface area contributed by atoms with Crippen LogP contribution >= 0.6 is 0 Å². The number of aromatic nitrogens is 4. The number of benzene rings is 6. The predicted octanol–water partition coefficient (Wildman–Crippen LogP) is 17.7. The molecule has 10 rings (SSSR count). The number of aryl methyl sites for hydroxylation is 2. The van der Waals surface area contributed by atoms with E-state index >= 15 is 0 Å². The van der Waals surface area contributed by atoms with Crippen LogP contribution in [0.1, 0.15) is 66.5 Å². The van der Waals surface area contributed by atoms with E-state index in [-0.39, 0.29) is 136 Å². The van der Waals surface area contributed by atoms with Crippen molar-refractivity contribution in [2.45, 2.75) is 135 Å². The van der Waals surface area contributed by atoms with Gasteiger partial charge in [0.1, 0.15) is 0 Å². The van der Waals surface area contributed by atoms with Crippen molar-refractivity contribution in [2.75, 3.05) is 0 Å². The Morgan fingerprint density at radius 3 is 1.05 bits per heavy atom. The third-order valence-electron chi connectivity index (χ3n) is 14.2. The molecule has 0 bridgehead atoms. The van der Waals surface area contributed by atoms with Gasteiger partial charge in [-0.05, 0) is 137 Å². The van der Waals surface area contributed by atoms with Gasteiger partial charge in [0.15, 0.2) is 23.1 Å². The van der Waals surface area contributed by atoms with Crippen LogP contribution < -0.4 is 20.7 Å². The average molecular weight is 2170 g/mol. The van der Waals surface area contributed by atoms with Crippen molar-refractivity contribution in [3.63, 3.8) is 0 Å². The Morgan fingerprint density at radius 1 is 0.385 bits per heavy atom. The third-order valence-corrected chi connectivity index (χ3v) is 21.6. The van der Waals surface area contributed by atoms with Crippen molar-refractivity contribution in [3.8, 4) is 45.0 Å². The Labute approximate surface area is 677 Å². The van der Waals surface area contributed by atoms with Crippen molar-refractivity contribution >= 4 is 99.2 Å². The Hall–Kier alpha value is -7.26. The van der Waals surface area contributed by atoms with Crippen LogP contribution in [0.5, 0.6) is 0 Å². The molecule has 0 aliphatic carbocycles. The van der Waals surface area contributed by atoms with Crippen LogP contribution in [-0.4, -0.2) is 97.2 Å². The summed E-state index contributed by atoms with van der Waals surface area (Å²) in [5, 5.41) is 44.0. The summed E-state index contributed by atoms with van der Waals surface area (Å²) >= 11 is 0. The number of allylic oxidation sites excluding steroid dienone is 8. The molecule has 10 aromatic rings. The van der Waals surface area contributed by atoms with Gasteiger partial charge in [-0.2, -0.15) is 0 Å². The van der Waals surface area contributed by atoms with Gasteiger partial charge >= 0.3 is 0 Å². The van der Waals surface area contributed by atoms with Gasteiger partial charge in [-0.25, -0.2) is 0 Å². The summed E-state index contributed by atoms with van der Waals surface area (Å²) in [6, 6.07) is 68.5. The molecule has 0 saturated heterocycles. The van der Waals surface area contributed by atoms with E-state index in [0.29, 0.717) is 0 Å². The van der Waals surface area contributed by atoms with Crippen molar-refractivity contribution in [3.05, 3.63) is 265 Å². The maximum Gasteiger partial charge on any atom is 0.155 e. The van der Waals surface area contributed by atoms with E-state index in [1.807, 2.05) is 36.9 Å². The molecular formula is C84H100Ir4N4O8Si4-4. The van der Waals surface area contributed by atoms with Crippen LogP contribution in [0.25, 0.3) is 66.6 Å². The largest absolute Gasteiger partial charge is 0.512 e. The van der Waals surface area contributed by atoms with E-state index in [1.54, 1.807) is 0 Å². The van der Waals surface area contributed by atoms with Crippen molar-refractivity contribution in [1.29, 1.82) is 0 Å². The molecule has 0 aliphatic heterocycles. The monoisotopic (exact) mass is 2180 g/mol. The normalized spacial score (nSPS) is 11.1. The molecule has 6 aromatic carbocycles. The van der Waals surface area contributed by atoms with E-state index in [4.69, 9.17) is 20.4 Å². The van der Waals surface area contributed by atoms with Gasteiger partial charge in [-0.1, -0.05) is 138 Å². The molecule has 104 heavy (non-hydrogen) atoms. The standard InChI is InChI=1S/2C18H18NSi.C15H18NSi.C13H14NSi.4C5H8O2.4Ir/c2*1-20(2,3)16-10-8-15(9-11-16)18-17-7-5-4-6-14(17)12-13-19-18;1-12-5-10-15(16-11-12)13-6-8-14(9-7-13)17(2,3)4;1-10-6-7-14-13(8-10)11-4-3-5-12(9-11)15-2;4*1-4(6)3-5(2)7;;;;/h2*4-8,10-13H,1-3H3;5-6,8-11H,1-4H3;3,5-9H,15H2,1-2H3;4*3,6H,1-2H3;;;;/q4*-1;;;;;;;;. The molecule has 0 saturated carbocycles. The number of hydrogen-bond donors (Lipinski definition) is 4. The minimum Gasteiger partial charge on any atom is -0.512 e. The Bertz CT molecular complexity index is 4150. The minimum atomic E-state index is -1.26. The number of aliphatic hydroxyl groups is 4. The average Bonchev–Trinajstić information content (AvgIpc) is 0.808. The molecule has 4 radical (unpaired) electrons. The molecular weight excluding hydrogens is 2070 g/mol. The first-order valence-corrected chi connectivity index (χ1v) is 45.6. The second-order valence-corrected chi connectivity index (χ2v) is 43.7. The van der Waals surface area contributed by atoms with E-state index in [1.165, 1.54) is 133 Å². The number of rotatable bonds is 12. The second-order valence-electron chi connectivity index (χ2n) is 27.0. The first kappa shape index (κ1) is 98.8. The summed E-state index contributed by atoms with van der Waals surface area (Å²) in [6.07, 6.45) is 12.2. The fourth-order valence-electron chi connectivity index (χ4n) is 9.17. The van der Waals surface area contributed by atoms with Crippen LogP contribution in [0.15, 0.2) is 230 Å². The fourth-order valence-corrected chi connectivity index (χ4v) is 13.2. The van der Waals surface area contributed by atoms with Crippen molar-refractivity contribution < 1.29 is 120 Å². The molecule has 560 valence electrons. The summed E-state index contributed by atoms with van der Waals surface area (Å²) in [5.74, 6) is -0.250. The van der Waals surface area contributed by atoms with Gasteiger partial charge in [-0.15, -0.1) is 140 Å². The summed E-state index contributed by atoms with van der Waals surface area (Å²) in [5.41, 5.74) is 10.8. The van der Waals surface area contributed by atoms with E-state index < -0.39 is 24.2 Å². The molecule has 0 atom stereocenters. The number of pyridine rings is 4. The van der Waals surface area contributed by atoms with Crippen LogP contribution in [-0.2, 0) is 99.6 Å². The first-order valence-electron chi connectivity index (χ1n) is 33.0. The molecule has 0 spiro atoms. The Kier molecular flexibility index (Phi) is 47.0. The predicted molar refractivity (Wildman–Crippen MR) is 430 cm³/mol. The summed E-state index contributed by atoms with van der Waals surface area (Å²) < 4.78 is 0. The van der Waals surface area contributed by atoms with Gasteiger partial charge in [0.05, 0.1) is 23.0 Å². The van der Waals surface area contributed by atoms with E-state index in [0.717, 1.165) is 45.0 Å². The maximum absolute atomic E-state index is 10.0. The van der Waals surface area contributed by atoms with E-state index in [2.05, 4.69) is 269 Å². The van der Waals surface area contributed by atoms with Gasteiger partial charge in [-0.3, -0.25) is 19.2 Å². The quantitative estimate of drug-likeness (QED) is 0.0391. The zero-order chi connectivity index (χ0) is 74.9. The molecule has 0 fully saturated rings. The van der Waals surface area contributed by atoms with Crippen molar-refractivity contribution in [1.82, 2.24) is 19.9 Å². The van der Waals surface area contributed by atoms with Crippen LogP contribution in [0.2, 0.25) is 65.5 Å². The van der Waals surface area contributed by atoms with Crippen molar-refractivity contribution in [2.24, 2.45) is 0 Å². The summed E-state index contributed by atoms with van der Waals surface area (Å²) in [7, 11) is -3.84. The fraction of sp³-hybridized carbons (Fsp3) is 0.238. The maximum atomic E-state index is 10.0.